The van der Waals surface area contributed by atoms with Crippen molar-refractivity contribution in [1.82, 2.24) is 9.80 Å². The fraction of sp³-hybridized carbons (Fsp3) is 0.231. The number of fused-ring (bicyclic) bond motifs is 2. The van der Waals surface area contributed by atoms with Gasteiger partial charge in [0, 0.05) is 37.3 Å². The van der Waals surface area contributed by atoms with Crippen molar-refractivity contribution >= 4 is 11.8 Å². The van der Waals surface area contributed by atoms with Crippen LogP contribution in [0.15, 0.2) is 72.8 Å². The Hall–Kier alpha value is -3.40. The van der Waals surface area contributed by atoms with Gasteiger partial charge in [0.25, 0.3) is 11.8 Å². The first-order valence-electron chi connectivity index (χ1n) is 10.5. The summed E-state index contributed by atoms with van der Waals surface area (Å²) in [6, 6.07) is 23.8. The SMILES string of the molecule is O=C(c1cccc(C(=O)N2CCc3ccccc3C2)c1)N1CCc2ccccc2C1. The van der Waals surface area contributed by atoms with Crippen molar-refractivity contribution in [3.63, 3.8) is 0 Å². The molecule has 0 radical (unpaired) electrons. The van der Waals surface area contributed by atoms with E-state index in [1.165, 1.54) is 22.3 Å². The van der Waals surface area contributed by atoms with Gasteiger partial charge < -0.3 is 9.80 Å². The first-order valence-corrected chi connectivity index (χ1v) is 10.5. The zero-order chi connectivity index (χ0) is 20.5. The van der Waals surface area contributed by atoms with Gasteiger partial charge in [0.2, 0.25) is 0 Å². The van der Waals surface area contributed by atoms with Gasteiger partial charge in [-0.1, -0.05) is 54.6 Å². The molecule has 3 aromatic rings. The van der Waals surface area contributed by atoms with Crippen molar-refractivity contribution in [3.8, 4) is 0 Å². The highest BCUT2D eigenvalue weighted by molar-refractivity contribution is 5.99. The smallest absolute Gasteiger partial charge is 0.254 e. The average Bonchev–Trinajstić information content (AvgIpc) is 2.82. The molecular weight excluding hydrogens is 372 g/mol. The molecule has 0 spiro atoms. The maximum Gasteiger partial charge on any atom is 0.254 e. The third kappa shape index (κ3) is 3.50. The minimum absolute atomic E-state index is 0.0110. The van der Waals surface area contributed by atoms with Crippen LogP contribution in [0.3, 0.4) is 0 Å². The maximum atomic E-state index is 13.1. The Morgan fingerprint density at radius 3 is 1.47 bits per heavy atom. The molecule has 30 heavy (non-hydrogen) atoms. The molecule has 0 aliphatic carbocycles. The van der Waals surface area contributed by atoms with Gasteiger partial charge in [-0.2, -0.15) is 0 Å². The van der Waals surface area contributed by atoms with E-state index in [0.29, 0.717) is 37.3 Å². The molecule has 0 atom stereocenters. The predicted molar refractivity (Wildman–Crippen MR) is 116 cm³/mol. The molecule has 0 saturated heterocycles. The summed E-state index contributed by atoms with van der Waals surface area (Å²) in [6.07, 6.45) is 1.74. The number of hydrogen-bond acceptors (Lipinski definition) is 2. The zero-order valence-corrected chi connectivity index (χ0v) is 16.9. The van der Waals surface area contributed by atoms with Crippen LogP contribution in [-0.4, -0.2) is 34.7 Å². The lowest BCUT2D eigenvalue weighted by Crippen LogP contribution is -2.37. The van der Waals surface area contributed by atoms with Gasteiger partial charge in [0.1, 0.15) is 0 Å². The van der Waals surface area contributed by atoms with Crippen LogP contribution in [0.1, 0.15) is 43.0 Å². The normalized spacial score (nSPS) is 15.3. The predicted octanol–water partition coefficient (Wildman–Crippen LogP) is 4.08. The summed E-state index contributed by atoms with van der Waals surface area (Å²) in [4.78, 5) is 30.0. The molecule has 2 aliphatic heterocycles. The quantitative estimate of drug-likeness (QED) is 0.655. The summed E-state index contributed by atoms with van der Waals surface area (Å²) in [7, 11) is 0. The third-order valence-corrected chi connectivity index (χ3v) is 6.19. The van der Waals surface area contributed by atoms with E-state index in [0.717, 1.165) is 12.8 Å². The monoisotopic (exact) mass is 396 g/mol. The van der Waals surface area contributed by atoms with Crippen LogP contribution < -0.4 is 0 Å². The summed E-state index contributed by atoms with van der Waals surface area (Å²) in [5.41, 5.74) is 6.20. The Labute approximate surface area is 176 Å². The number of carbonyl (C=O) groups is 2. The van der Waals surface area contributed by atoms with Gasteiger partial charge in [0.15, 0.2) is 0 Å². The molecule has 0 unspecified atom stereocenters. The minimum Gasteiger partial charge on any atom is -0.334 e. The molecule has 4 nitrogen and oxygen atoms in total. The molecule has 2 amide bonds. The first-order chi connectivity index (χ1) is 14.7. The van der Waals surface area contributed by atoms with Crippen LogP contribution in [0.5, 0.6) is 0 Å². The van der Waals surface area contributed by atoms with E-state index in [4.69, 9.17) is 0 Å². The van der Waals surface area contributed by atoms with E-state index in [-0.39, 0.29) is 11.8 Å². The van der Waals surface area contributed by atoms with Gasteiger partial charge in [-0.25, -0.2) is 0 Å². The van der Waals surface area contributed by atoms with E-state index in [1.807, 2.05) is 52.3 Å². The summed E-state index contributed by atoms with van der Waals surface area (Å²) in [6.45, 7) is 2.65. The fourth-order valence-corrected chi connectivity index (χ4v) is 4.49. The second-order valence-electron chi connectivity index (χ2n) is 8.07. The topological polar surface area (TPSA) is 40.6 Å². The molecule has 0 aromatic heterocycles. The zero-order valence-electron chi connectivity index (χ0n) is 16.9. The Morgan fingerprint density at radius 2 is 1.00 bits per heavy atom. The van der Waals surface area contributed by atoms with E-state index in [1.54, 1.807) is 6.07 Å². The highest BCUT2D eigenvalue weighted by atomic mass is 16.2. The van der Waals surface area contributed by atoms with E-state index >= 15 is 0 Å². The lowest BCUT2D eigenvalue weighted by molar-refractivity contribution is 0.0733. The molecule has 4 heteroatoms. The maximum absolute atomic E-state index is 13.1. The van der Waals surface area contributed by atoms with E-state index in [9.17, 15) is 9.59 Å². The van der Waals surface area contributed by atoms with Crippen LogP contribution >= 0.6 is 0 Å². The second-order valence-corrected chi connectivity index (χ2v) is 8.07. The Bertz CT molecular complexity index is 1040. The summed E-state index contributed by atoms with van der Waals surface area (Å²) in [5, 5.41) is 0. The molecule has 150 valence electrons. The molecule has 0 N–H and O–H groups in total. The van der Waals surface area contributed by atoms with E-state index in [2.05, 4.69) is 24.3 Å². The van der Waals surface area contributed by atoms with Crippen LogP contribution in [-0.2, 0) is 25.9 Å². The molecule has 3 aromatic carbocycles. The van der Waals surface area contributed by atoms with Crippen molar-refractivity contribution in [2.24, 2.45) is 0 Å². The highest BCUT2D eigenvalue weighted by Crippen LogP contribution is 2.23. The van der Waals surface area contributed by atoms with Crippen LogP contribution in [0.2, 0.25) is 0 Å². The van der Waals surface area contributed by atoms with Crippen LogP contribution in [0, 0.1) is 0 Å². The highest BCUT2D eigenvalue weighted by Gasteiger charge is 2.24. The minimum atomic E-state index is -0.0110. The number of carbonyl (C=O) groups excluding carboxylic acids is 2. The van der Waals surface area contributed by atoms with Crippen molar-refractivity contribution < 1.29 is 9.59 Å². The van der Waals surface area contributed by atoms with Crippen molar-refractivity contribution in [2.45, 2.75) is 25.9 Å². The Kier molecular flexibility index (Phi) is 4.83. The molecule has 2 aliphatic rings. The molecule has 5 rings (SSSR count). The number of amides is 2. The van der Waals surface area contributed by atoms with Crippen molar-refractivity contribution in [3.05, 3.63) is 106 Å². The fourth-order valence-electron chi connectivity index (χ4n) is 4.49. The van der Waals surface area contributed by atoms with Gasteiger partial charge in [-0.15, -0.1) is 0 Å². The van der Waals surface area contributed by atoms with Crippen molar-refractivity contribution in [1.29, 1.82) is 0 Å². The van der Waals surface area contributed by atoms with Gasteiger partial charge in [-0.05, 0) is 53.3 Å². The number of nitrogens with zero attached hydrogens (tertiary/aromatic N) is 2. The largest absolute Gasteiger partial charge is 0.334 e. The van der Waals surface area contributed by atoms with Gasteiger partial charge >= 0.3 is 0 Å². The summed E-state index contributed by atoms with van der Waals surface area (Å²) < 4.78 is 0. The van der Waals surface area contributed by atoms with Gasteiger partial charge in [0.05, 0.1) is 0 Å². The lowest BCUT2D eigenvalue weighted by atomic mass is 9.98. The van der Waals surface area contributed by atoms with Crippen molar-refractivity contribution in [2.75, 3.05) is 13.1 Å². The number of hydrogen-bond donors (Lipinski definition) is 0. The average molecular weight is 396 g/mol. The molecule has 2 heterocycles. The van der Waals surface area contributed by atoms with Crippen LogP contribution in [0.4, 0.5) is 0 Å². The third-order valence-electron chi connectivity index (χ3n) is 6.19. The molecule has 0 saturated carbocycles. The lowest BCUT2D eigenvalue weighted by Gasteiger charge is -2.30. The van der Waals surface area contributed by atoms with Gasteiger partial charge in [-0.3, -0.25) is 9.59 Å². The summed E-state index contributed by atoms with van der Waals surface area (Å²) in [5.74, 6) is -0.0220. The number of rotatable bonds is 2. The molecule has 0 fully saturated rings. The van der Waals surface area contributed by atoms with Crippen LogP contribution in [0.25, 0.3) is 0 Å². The molecular formula is C26H24N2O2. The van der Waals surface area contributed by atoms with E-state index < -0.39 is 0 Å². The molecule has 0 bridgehead atoms. The Balaban J connectivity index is 1.33. The Morgan fingerprint density at radius 1 is 0.567 bits per heavy atom. The standard InChI is InChI=1S/C26H24N2O2/c29-25(27-14-12-19-6-1-3-8-23(19)17-27)21-10-5-11-22(16-21)26(30)28-15-13-20-7-2-4-9-24(20)18-28/h1-11,16H,12-15,17-18H2. The number of benzene rings is 3. The first kappa shape index (κ1) is 18.6. The second kappa shape index (κ2) is 7.79. The summed E-state index contributed by atoms with van der Waals surface area (Å²) >= 11 is 0.